The maximum Gasteiger partial charge on any atom is 0.137 e. The Morgan fingerprint density at radius 3 is 2.74 bits per heavy atom. The van der Waals surface area contributed by atoms with Gasteiger partial charge in [-0.3, -0.25) is 0 Å². The predicted octanol–water partition coefficient (Wildman–Crippen LogP) is 4.62. The molecule has 124 valence electrons. The smallest absolute Gasteiger partial charge is 0.137 e. The molecular weight excluding hydrogens is 310 g/mol. The molecule has 1 aromatic heterocycles. The van der Waals surface area contributed by atoms with E-state index in [9.17, 15) is 0 Å². The fraction of sp³-hybridized carbons (Fsp3) is 0.444. The lowest BCUT2D eigenvalue weighted by molar-refractivity contribution is 0.314. The van der Waals surface area contributed by atoms with Crippen molar-refractivity contribution in [3.05, 3.63) is 46.9 Å². The molecule has 0 aliphatic rings. The van der Waals surface area contributed by atoms with Gasteiger partial charge in [-0.25, -0.2) is 9.97 Å². The molecule has 0 aliphatic carbocycles. The summed E-state index contributed by atoms with van der Waals surface area (Å²) in [6, 6.07) is 8.29. The normalized spacial score (nSPS) is 11.3. The van der Waals surface area contributed by atoms with Crippen molar-refractivity contribution in [3.8, 4) is 5.75 Å². The molecule has 0 unspecified atom stereocenters. The molecule has 0 saturated heterocycles. The highest BCUT2D eigenvalue weighted by Crippen LogP contribution is 2.25. The number of rotatable bonds is 6. The number of hydrogen-bond acceptors (Lipinski definition) is 4. The standard InChI is InChI=1S/C18H24ClN3O/c1-13-16(19)21-12-22-17(13)20-9-6-10-23-15-8-5-7-14(11-15)18(2,3)4/h5,7-8,11-12H,6,9-10H2,1-4H3,(H,20,21,22). The van der Waals surface area contributed by atoms with E-state index in [-0.39, 0.29) is 5.41 Å². The zero-order valence-corrected chi connectivity index (χ0v) is 14.9. The zero-order chi connectivity index (χ0) is 16.9. The Bertz CT molecular complexity index is 653. The van der Waals surface area contributed by atoms with Gasteiger partial charge >= 0.3 is 0 Å². The molecule has 1 N–H and O–H groups in total. The molecule has 5 heteroatoms. The molecule has 0 bridgehead atoms. The lowest BCUT2D eigenvalue weighted by Gasteiger charge is -2.19. The second kappa shape index (κ2) is 7.64. The van der Waals surface area contributed by atoms with Crippen molar-refractivity contribution in [2.45, 2.75) is 39.5 Å². The van der Waals surface area contributed by atoms with Gasteiger partial charge in [0.2, 0.25) is 0 Å². The SMILES string of the molecule is Cc1c(Cl)ncnc1NCCCOc1cccc(C(C)(C)C)c1. The van der Waals surface area contributed by atoms with Gasteiger partial charge in [0.1, 0.15) is 23.0 Å². The van der Waals surface area contributed by atoms with E-state index in [4.69, 9.17) is 16.3 Å². The van der Waals surface area contributed by atoms with Crippen molar-refractivity contribution in [2.75, 3.05) is 18.5 Å². The summed E-state index contributed by atoms with van der Waals surface area (Å²) in [7, 11) is 0. The van der Waals surface area contributed by atoms with E-state index >= 15 is 0 Å². The number of hydrogen-bond donors (Lipinski definition) is 1. The Labute approximate surface area is 143 Å². The van der Waals surface area contributed by atoms with E-state index in [0.29, 0.717) is 11.8 Å². The molecule has 0 saturated carbocycles. The van der Waals surface area contributed by atoms with Gasteiger partial charge in [0, 0.05) is 12.1 Å². The van der Waals surface area contributed by atoms with Crippen molar-refractivity contribution in [2.24, 2.45) is 0 Å². The van der Waals surface area contributed by atoms with Crippen LogP contribution in [0, 0.1) is 6.92 Å². The molecule has 4 nitrogen and oxygen atoms in total. The van der Waals surface area contributed by atoms with Crippen LogP contribution in [0.25, 0.3) is 0 Å². The molecule has 2 aromatic rings. The number of ether oxygens (including phenoxy) is 1. The second-order valence-electron chi connectivity index (χ2n) is 6.54. The summed E-state index contributed by atoms with van der Waals surface area (Å²) in [5.41, 5.74) is 2.28. The highest BCUT2D eigenvalue weighted by atomic mass is 35.5. The first-order valence-corrected chi connectivity index (χ1v) is 8.20. The second-order valence-corrected chi connectivity index (χ2v) is 6.90. The van der Waals surface area contributed by atoms with Crippen LogP contribution in [0.4, 0.5) is 5.82 Å². The fourth-order valence-corrected chi connectivity index (χ4v) is 2.26. The monoisotopic (exact) mass is 333 g/mol. The summed E-state index contributed by atoms with van der Waals surface area (Å²) in [4.78, 5) is 8.13. The van der Waals surface area contributed by atoms with Crippen LogP contribution >= 0.6 is 11.6 Å². The average Bonchev–Trinajstić information content (AvgIpc) is 2.50. The van der Waals surface area contributed by atoms with Crippen LogP contribution in [-0.4, -0.2) is 23.1 Å². The van der Waals surface area contributed by atoms with Gasteiger partial charge in [-0.1, -0.05) is 44.5 Å². The Kier molecular flexibility index (Phi) is 5.83. The van der Waals surface area contributed by atoms with E-state index in [1.807, 2.05) is 19.1 Å². The van der Waals surface area contributed by atoms with Gasteiger partial charge in [0.25, 0.3) is 0 Å². The van der Waals surface area contributed by atoms with Gasteiger partial charge in [-0.05, 0) is 36.5 Å². The fourth-order valence-electron chi connectivity index (χ4n) is 2.13. The summed E-state index contributed by atoms with van der Waals surface area (Å²) in [5, 5.41) is 3.74. The maximum absolute atomic E-state index is 5.97. The molecule has 0 aliphatic heterocycles. The molecule has 1 heterocycles. The van der Waals surface area contributed by atoms with Crippen LogP contribution in [0.15, 0.2) is 30.6 Å². The van der Waals surface area contributed by atoms with E-state index in [1.165, 1.54) is 11.9 Å². The highest BCUT2D eigenvalue weighted by Gasteiger charge is 2.13. The van der Waals surface area contributed by atoms with E-state index in [1.54, 1.807) is 0 Å². The average molecular weight is 334 g/mol. The molecule has 2 rings (SSSR count). The number of anilines is 1. The van der Waals surface area contributed by atoms with Crippen molar-refractivity contribution < 1.29 is 4.74 Å². The summed E-state index contributed by atoms with van der Waals surface area (Å²) < 4.78 is 5.83. The number of nitrogens with one attached hydrogen (secondary N) is 1. The minimum absolute atomic E-state index is 0.130. The summed E-state index contributed by atoms with van der Waals surface area (Å²) >= 11 is 5.97. The van der Waals surface area contributed by atoms with Crippen molar-refractivity contribution in [1.29, 1.82) is 0 Å². The van der Waals surface area contributed by atoms with Crippen LogP contribution in [0.2, 0.25) is 5.15 Å². The summed E-state index contributed by atoms with van der Waals surface area (Å²) in [6.45, 7) is 9.92. The first kappa shape index (κ1) is 17.5. The molecule has 0 atom stereocenters. The quantitative estimate of drug-likeness (QED) is 0.619. The van der Waals surface area contributed by atoms with Crippen molar-refractivity contribution >= 4 is 17.4 Å². The third-order valence-corrected chi connectivity index (χ3v) is 3.99. The van der Waals surface area contributed by atoms with Crippen LogP contribution < -0.4 is 10.1 Å². The minimum Gasteiger partial charge on any atom is -0.494 e. The Hall–Kier alpha value is -1.81. The van der Waals surface area contributed by atoms with Crippen LogP contribution in [0.3, 0.4) is 0 Å². The Morgan fingerprint density at radius 1 is 1.22 bits per heavy atom. The molecule has 23 heavy (non-hydrogen) atoms. The first-order chi connectivity index (χ1) is 10.9. The first-order valence-electron chi connectivity index (χ1n) is 7.82. The summed E-state index contributed by atoms with van der Waals surface area (Å²) in [5.74, 6) is 1.69. The van der Waals surface area contributed by atoms with Crippen LogP contribution in [0.1, 0.15) is 38.3 Å². The Balaban J connectivity index is 1.79. The molecule has 0 spiro atoms. The van der Waals surface area contributed by atoms with Crippen molar-refractivity contribution in [3.63, 3.8) is 0 Å². The number of benzene rings is 1. The molecule has 0 radical (unpaired) electrons. The predicted molar refractivity (Wildman–Crippen MR) is 95.5 cm³/mol. The lowest BCUT2D eigenvalue weighted by Crippen LogP contribution is -2.12. The van der Waals surface area contributed by atoms with Gasteiger partial charge in [-0.2, -0.15) is 0 Å². The van der Waals surface area contributed by atoms with Gasteiger partial charge < -0.3 is 10.1 Å². The van der Waals surface area contributed by atoms with E-state index in [0.717, 1.165) is 30.1 Å². The summed E-state index contributed by atoms with van der Waals surface area (Å²) in [6.07, 6.45) is 2.34. The minimum atomic E-state index is 0.130. The molecule has 0 fully saturated rings. The van der Waals surface area contributed by atoms with Gasteiger partial charge in [0.05, 0.1) is 6.61 Å². The highest BCUT2D eigenvalue weighted by molar-refractivity contribution is 6.30. The number of nitrogens with zero attached hydrogens (tertiary/aromatic N) is 2. The topological polar surface area (TPSA) is 47.0 Å². The van der Waals surface area contributed by atoms with E-state index < -0.39 is 0 Å². The van der Waals surface area contributed by atoms with Gasteiger partial charge in [0.15, 0.2) is 0 Å². The Morgan fingerprint density at radius 2 is 2.00 bits per heavy atom. The third-order valence-electron chi connectivity index (χ3n) is 3.60. The maximum atomic E-state index is 5.97. The zero-order valence-electron chi connectivity index (χ0n) is 14.2. The number of halogens is 1. The van der Waals surface area contributed by atoms with Crippen LogP contribution in [-0.2, 0) is 5.41 Å². The third kappa shape index (κ3) is 5.10. The van der Waals surface area contributed by atoms with Crippen molar-refractivity contribution in [1.82, 2.24) is 9.97 Å². The molecule has 1 aromatic carbocycles. The van der Waals surface area contributed by atoms with Crippen LogP contribution in [0.5, 0.6) is 5.75 Å². The molecule has 0 amide bonds. The lowest BCUT2D eigenvalue weighted by atomic mass is 9.87. The number of aromatic nitrogens is 2. The van der Waals surface area contributed by atoms with Gasteiger partial charge in [-0.15, -0.1) is 0 Å². The molecular formula is C18H24ClN3O. The largest absolute Gasteiger partial charge is 0.494 e. The van der Waals surface area contributed by atoms with E-state index in [2.05, 4.69) is 48.2 Å².